The Kier molecular flexibility index (Phi) is 3.87. The molecule has 1 aliphatic heterocycles. The number of hydrogen-bond donors (Lipinski definition) is 1. The summed E-state index contributed by atoms with van der Waals surface area (Å²) in [7, 11) is 0. The molecule has 1 heterocycles. The minimum absolute atomic E-state index is 0.570. The van der Waals surface area contributed by atoms with Crippen molar-refractivity contribution < 1.29 is 0 Å². The first-order valence-electron chi connectivity index (χ1n) is 8.74. The molecule has 3 unspecified atom stereocenters. The van der Waals surface area contributed by atoms with Crippen LogP contribution in [0.3, 0.4) is 0 Å². The number of nitrogens with one attached hydrogen (secondary N) is 1. The highest BCUT2D eigenvalue weighted by atomic mass is 79.9. The fourth-order valence-electron chi connectivity index (χ4n) is 5.13. The summed E-state index contributed by atoms with van der Waals surface area (Å²) < 4.78 is 1.31. The van der Waals surface area contributed by atoms with Crippen LogP contribution in [0.1, 0.15) is 56.4 Å². The van der Waals surface area contributed by atoms with Crippen molar-refractivity contribution in [3.05, 3.63) is 34.3 Å². The third-order valence-electron chi connectivity index (χ3n) is 6.37. The van der Waals surface area contributed by atoms with Crippen molar-refractivity contribution in [3.8, 4) is 0 Å². The Morgan fingerprint density at radius 2 is 1.90 bits per heavy atom. The third-order valence-corrected chi connectivity index (χ3v) is 7.10. The minimum atomic E-state index is 0.570. The molecule has 114 valence electrons. The second-order valence-corrected chi connectivity index (χ2v) is 8.44. The van der Waals surface area contributed by atoms with E-state index in [4.69, 9.17) is 0 Å². The topological polar surface area (TPSA) is 12.0 Å². The zero-order chi connectivity index (χ0) is 14.3. The Labute approximate surface area is 137 Å². The summed E-state index contributed by atoms with van der Waals surface area (Å²) in [5.41, 5.74) is 2.11. The first kappa shape index (κ1) is 14.3. The molecule has 2 heteroatoms. The summed E-state index contributed by atoms with van der Waals surface area (Å²) in [6, 6.07) is 8.93. The second-order valence-electron chi connectivity index (χ2n) is 7.58. The lowest BCUT2D eigenvalue weighted by Gasteiger charge is -2.50. The highest BCUT2D eigenvalue weighted by Gasteiger charge is 2.47. The summed E-state index contributed by atoms with van der Waals surface area (Å²) in [6.45, 7) is 2.39. The standard InChI is InChI=1S/C19H26BrN/c20-18-6-2-1-5-16(18)17-13-21-11-10-19(17)9-3-4-15(12-19)14-7-8-14/h1-2,5-6,14-15,17,21H,3-4,7-13H2. The molecule has 1 saturated heterocycles. The van der Waals surface area contributed by atoms with Gasteiger partial charge < -0.3 is 5.32 Å². The average molecular weight is 348 g/mol. The Morgan fingerprint density at radius 1 is 1.05 bits per heavy atom. The Balaban J connectivity index is 1.65. The van der Waals surface area contributed by atoms with E-state index in [9.17, 15) is 0 Å². The fraction of sp³-hybridized carbons (Fsp3) is 0.684. The molecule has 0 radical (unpaired) electrons. The zero-order valence-electron chi connectivity index (χ0n) is 12.8. The Hall–Kier alpha value is -0.340. The number of benzene rings is 1. The van der Waals surface area contributed by atoms with E-state index in [0.717, 1.165) is 11.8 Å². The Morgan fingerprint density at radius 3 is 2.71 bits per heavy atom. The molecule has 1 nitrogen and oxygen atoms in total. The lowest BCUT2D eigenvalue weighted by atomic mass is 9.58. The average Bonchev–Trinajstić information content (AvgIpc) is 3.34. The molecular formula is C19H26BrN. The van der Waals surface area contributed by atoms with Crippen LogP contribution in [0.4, 0.5) is 0 Å². The molecule has 1 N–H and O–H groups in total. The van der Waals surface area contributed by atoms with E-state index in [2.05, 4.69) is 45.5 Å². The van der Waals surface area contributed by atoms with Gasteiger partial charge in [-0.25, -0.2) is 0 Å². The van der Waals surface area contributed by atoms with Gasteiger partial charge in [-0.1, -0.05) is 47.0 Å². The maximum atomic E-state index is 3.81. The summed E-state index contributed by atoms with van der Waals surface area (Å²) in [4.78, 5) is 0. The first-order chi connectivity index (χ1) is 10.3. The van der Waals surface area contributed by atoms with Gasteiger partial charge in [0.2, 0.25) is 0 Å². The van der Waals surface area contributed by atoms with Crippen molar-refractivity contribution >= 4 is 15.9 Å². The smallest absolute Gasteiger partial charge is 0.0210 e. The van der Waals surface area contributed by atoms with E-state index in [1.54, 1.807) is 5.56 Å². The lowest BCUT2D eigenvalue weighted by Crippen LogP contribution is -2.46. The molecule has 21 heavy (non-hydrogen) atoms. The molecule has 1 aromatic carbocycles. The largest absolute Gasteiger partial charge is 0.316 e. The van der Waals surface area contributed by atoms with Gasteiger partial charge in [-0.05, 0) is 67.5 Å². The maximum absolute atomic E-state index is 3.81. The number of rotatable bonds is 2. The molecule has 0 amide bonds. The van der Waals surface area contributed by atoms with Crippen molar-refractivity contribution in [2.75, 3.05) is 13.1 Å². The van der Waals surface area contributed by atoms with Crippen LogP contribution < -0.4 is 5.32 Å². The maximum Gasteiger partial charge on any atom is 0.0210 e. The van der Waals surface area contributed by atoms with Gasteiger partial charge >= 0.3 is 0 Å². The molecule has 3 aliphatic rings. The van der Waals surface area contributed by atoms with Gasteiger partial charge in [-0.15, -0.1) is 0 Å². The number of halogens is 1. The predicted molar refractivity (Wildman–Crippen MR) is 91.5 cm³/mol. The second kappa shape index (κ2) is 5.70. The van der Waals surface area contributed by atoms with E-state index in [1.165, 1.54) is 62.5 Å². The summed E-state index contributed by atoms with van der Waals surface area (Å²) >= 11 is 3.81. The van der Waals surface area contributed by atoms with Gasteiger partial charge in [0, 0.05) is 16.9 Å². The quantitative estimate of drug-likeness (QED) is 0.783. The van der Waals surface area contributed by atoms with E-state index < -0.39 is 0 Å². The summed E-state index contributed by atoms with van der Waals surface area (Å²) in [5.74, 6) is 2.81. The zero-order valence-corrected chi connectivity index (χ0v) is 14.4. The summed E-state index contributed by atoms with van der Waals surface area (Å²) in [5, 5.41) is 3.67. The molecule has 1 aromatic rings. The highest BCUT2D eigenvalue weighted by Crippen LogP contribution is 2.57. The van der Waals surface area contributed by atoms with E-state index >= 15 is 0 Å². The summed E-state index contributed by atoms with van der Waals surface area (Å²) in [6.07, 6.45) is 10.3. The van der Waals surface area contributed by atoms with Crippen LogP contribution in [0, 0.1) is 17.3 Å². The van der Waals surface area contributed by atoms with Crippen molar-refractivity contribution in [3.63, 3.8) is 0 Å². The van der Waals surface area contributed by atoms with Crippen LogP contribution in [0.2, 0.25) is 0 Å². The number of hydrogen-bond acceptors (Lipinski definition) is 1. The molecule has 2 saturated carbocycles. The molecule has 0 aromatic heterocycles. The Bertz CT molecular complexity index is 506. The molecule has 3 atom stereocenters. The van der Waals surface area contributed by atoms with Crippen molar-refractivity contribution in [1.29, 1.82) is 0 Å². The van der Waals surface area contributed by atoms with Crippen LogP contribution in [0.5, 0.6) is 0 Å². The van der Waals surface area contributed by atoms with E-state index in [1.807, 2.05) is 0 Å². The van der Waals surface area contributed by atoms with Gasteiger partial charge in [0.05, 0.1) is 0 Å². The van der Waals surface area contributed by atoms with Gasteiger partial charge in [0.25, 0.3) is 0 Å². The molecule has 3 fully saturated rings. The van der Waals surface area contributed by atoms with Crippen LogP contribution in [0.15, 0.2) is 28.7 Å². The van der Waals surface area contributed by atoms with Gasteiger partial charge in [-0.2, -0.15) is 0 Å². The fourth-order valence-corrected chi connectivity index (χ4v) is 5.69. The first-order valence-corrected chi connectivity index (χ1v) is 9.53. The molecule has 1 spiro atoms. The van der Waals surface area contributed by atoms with Crippen molar-refractivity contribution in [1.82, 2.24) is 5.32 Å². The monoisotopic (exact) mass is 347 g/mol. The molecule has 2 aliphatic carbocycles. The minimum Gasteiger partial charge on any atom is -0.316 e. The number of piperidine rings is 1. The highest BCUT2D eigenvalue weighted by molar-refractivity contribution is 9.10. The van der Waals surface area contributed by atoms with Crippen LogP contribution in [0.25, 0.3) is 0 Å². The van der Waals surface area contributed by atoms with Gasteiger partial charge in [0.1, 0.15) is 0 Å². The van der Waals surface area contributed by atoms with Gasteiger partial charge in [-0.3, -0.25) is 0 Å². The third kappa shape index (κ3) is 2.70. The molecule has 4 rings (SSSR count). The van der Waals surface area contributed by atoms with Crippen LogP contribution in [-0.4, -0.2) is 13.1 Å². The SMILES string of the molecule is Brc1ccccc1C1CNCCC12CCCC(C1CC1)C2. The molecular weight excluding hydrogens is 322 g/mol. The lowest BCUT2D eigenvalue weighted by molar-refractivity contribution is 0.0626. The predicted octanol–water partition coefficient (Wildman–Crippen LogP) is 5.11. The van der Waals surface area contributed by atoms with E-state index in [-0.39, 0.29) is 0 Å². The van der Waals surface area contributed by atoms with Crippen LogP contribution >= 0.6 is 15.9 Å². The van der Waals surface area contributed by atoms with Crippen molar-refractivity contribution in [2.24, 2.45) is 17.3 Å². The van der Waals surface area contributed by atoms with E-state index in [0.29, 0.717) is 11.3 Å². The van der Waals surface area contributed by atoms with Gasteiger partial charge in [0.15, 0.2) is 0 Å². The van der Waals surface area contributed by atoms with Crippen molar-refractivity contribution in [2.45, 2.75) is 50.9 Å². The molecule has 0 bridgehead atoms. The van der Waals surface area contributed by atoms with Crippen LogP contribution in [-0.2, 0) is 0 Å². The normalized spacial score (nSPS) is 36.8.